The zero-order chi connectivity index (χ0) is 16.4. The van der Waals surface area contributed by atoms with Crippen LogP contribution in [0.15, 0.2) is 48.5 Å². The number of nitrogens with zero attached hydrogens (tertiary/aromatic N) is 1. The largest absolute Gasteiger partial charge is 0.359 e. The number of nitrogens with one attached hydrogen (secondary N) is 1. The summed E-state index contributed by atoms with van der Waals surface area (Å²) in [7, 11) is 0. The van der Waals surface area contributed by atoms with E-state index in [4.69, 9.17) is 0 Å². The van der Waals surface area contributed by atoms with Gasteiger partial charge in [-0.3, -0.25) is 9.59 Å². The molecule has 1 aliphatic heterocycles. The Bertz CT molecular complexity index is 755. The molecule has 4 heteroatoms. The van der Waals surface area contributed by atoms with Gasteiger partial charge in [0, 0.05) is 17.3 Å². The summed E-state index contributed by atoms with van der Waals surface area (Å²) >= 11 is 0. The fourth-order valence-corrected chi connectivity index (χ4v) is 3.11. The Morgan fingerprint density at radius 2 is 1.83 bits per heavy atom. The molecule has 0 bridgehead atoms. The molecule has 0 spiro atoms. The van der Waals surface area contributed by atoms with Crippen molar-refractivity contribution < 1.29 is 9.59 Å². The summed E-state index contributed by atoms with van der Waals surface area (Å²) in [6.45, 7) is 3.91. The highest BCUT2D eigenvalue weighted by Crippen LogP contribution is 2.31. The molecule has 1 N–H and O–H groups in total. The molecule has 0 saturated heterocycles. The summed E-state index contributed by atoms with van der Waals surface area (Å²) in [5.74, 6) is -0.164. The third-order valence-electron chi connectivity index (χ3n) is 4.24. The molecule has 3 rings (SSSR count). The van der Waals surface area contributed by atoms with E-state index in [9.17, 15) is 9.59 Å². The summed E-state index contributed by atoms with van der Waals surface area (Å²) in [6.07, 6.45) is 0.952. The number of amides is 1. The number of anilines is 2. The summed E-state index contributed by atoms with van der Waals surface area (Å²) in [4.78, 5) is 26.2. The van der Waals surface area contributed by atoms with E-state index in [0.717, 1.165) is 12.1 Å². The van der Waals surface area contributed by atoms with E-state index in [-0.39, 0.29) is 18.2 Å². The summed E-state index contributed by atoms with van der Waals surface area (Å²) in [5, 5.41) is 2.87. The third kappa shape index (κ3) is 3.11. The van der Waals surface area contributed by atoms with Gasteiger partial charge in [0.2, 0.25) is 5.91 Å². The van der Waals surface area contributed by atoms with Gasteiger partial charge < -0.3 is 10.2 Å². The van der Waals surface area contributed by atoms with Crippen LogP contribution in [0.1, 0.15) is 29.8 Å². The van der Waals surface area contributed by atoms with E-state index < -0.39 is 0 Å². The Labute approximate surface area is 136 Å². The molecule has 1 aliphatic rings. The second-order valence-electron chi connectivity index (χ2n) is 5.96. The number of hydrogen-bond donors (Lipinski definition) is 1. The Morgan fingerprint density at radius 3 is 2.61 bits per heavy atom. The highest BCUT2D eigenvalue weighted by Gasteiger charge is 2.27. The molecule has 0 fully saturated rings. The summed E-state index contributed by atoms with van der Waals surface area (Å²) < 4.78 is 0. The van der Waals surface area contributed by atoms with Crippen molar-refractivity contribution >= 4 is 23.1 Å². The smallest absolute Gasteiger partial charge is 0.243 e. The van der Waals surface area contributed by atoms with Gasteiger partial charge in [0.1, 0.15) is 0 Å². The Morgan fingerprint density at radius 1 is 1.13 bits per heavy atom. The van der Waals surface area contributed by atoms with Gasteiger partial charge in [0.15, 0.2) is 5.78 Å². The number of para-hydroxylation sites is 2. The molecular weight excluding hydrogens is 288 g/mol. The lowest BCUT2D eigenvalue weighted by Gasteiger charge is -2.24. The highest BCUT2D eigenvalue weighted by molar-refractivity contribution is 6.04. The molecule has 1 atom stereocenters. The van der Waals surface area contributed by atoms with E-state index in [0.29, 0.717) is 17.3 Å². The minimum absolute atomic E-state index is 0.0548. The molecule has 2 aromatic carbocycles. The number of fused-ring (bicyclic) bond motifs is 1. The fourth-order valence-electron chi connectivity index (χ4n) is 3.11. The maximum atomic E-state index is 12.4. The van der Waals surface area contributed by atoms with Crippen LogP contribution < -0.4 is 10.2 Å². The number of rotatable bonds is 4. The Hall–Kier alpha value is -2.62. The molecule has 4 nitrogen and oxygen atoms in total. The quantitative estimate of drug-likeness (QED) is 0.882. The van der Waals surface area contributed by atoms with Crippen molar-refractivity contribution in [3.63, 3.8) is 0 Å². The van der Waals surface area contributed by atoms with Gasteiger partial charge >= 0.3 is 0 Å². The van der Waals surface area contributed by atoms with E-state index >= 15 is 0 Å². The monoisotopic (exact) mass is 308 g/mol. The van der Waals surface area contributed by atoms with Crippen LogP contribution in [-0.2, 0) is 11.2 Å². The van der Waals surface area contributed by atoms with Crippen molar-refractivity contribution in [3.8, 4) is 0 Å². The second kappa shape index (κ2) is 6.24. The molecule has 1 amide bonds. The zero-order valence-electron chi connectivity index (χ0n) is 13.4. The maximum Gasteiger partial charge on any atom is 0.243 e. The minimum atomic E-state index is -0.109. The van der Waals surface area contributed by atoms with E-state index in [2.05, 4.69) is 29.3 Å². The number of carbonyl (C=O) groups excluding carboxylic acids is 2. The maximum absolute atomic E-state index is 12.4. The van der Waals surface area contributed by atoms with Crippen LogP contribution in [0.4, 0.5) is 11.4 Å². The fraction of sp³-hybridized carbons (Fsp3) is 0.263. The summed E-state index contributed by atoms with van der Waals surface area (Å²) in [6, 6.07) is 15.6. The predicted octanol–water partition coefficient (Wildman–Crippen LogP) is 3.28. The molecule has 0 radical (unpaired) electrons. The molecule has 118 valence electrons. The van der Waals surface area contributed by atoms with Crippen LogP contribution in [0.3, 0.4) is 0 Å². The van der Waals surface area contributed by atoms with E-state index in [1.165, 1.54) is 12.5 Å². The van der Waals surface area contributed by atoms with Crippen molar-refractivity contribution in [2.24, 2.45) is 0 Å². The first-order valence-corrected chi connectivity index (χ1v) is 7.80. The van der Waals surface area contributed by atoms with Gasteiger partial charge in [-0.2, -0.15) is 0 Å². The first kappa shape index (κ1) is 15.3. The third-order valence-corrected chi connectivity index (χ3v) is 4.24. The molecule has 0 saturated carbocycles. The molecule has 0 aliphatic carbocycles. The van der Waals surface area contributed by atoms with Gasteiger partial charge in [-0.05, 0) is 44.0 Å². The van der Waals surface area contributed by atoms with Crippen molar-refractivity contribution in [2.45, 2.75) is 26.3 Å². The van der Waals surface area contributed by atoms with Crippen LogP contribution in [-0.4, -0.2) is 24.3 Å². The van der Waals surface area contributed by atoms with Crippen LogP contribution in [0.25, 0.3) is 0 Å². The average molecular weight is 308 g/mol. The van der Waals surface area contributed by atoms with Gasteiger partial charge in [-0.15, -0.1) is 0 Å². The van der Waals surface area contributed by atoms with Gasteiger partial charge in [0.05, 0.1) is 12.2 Å². The van der Waals surface area contributed by atoms with Crippen molar-refractivity contribution in [1.82, 2.24) is 0 Å². The zero-order valence-corrected chi connectivity index (χ0v) is 13.4. The first-order chi connectivity index (χ1) is 11.1. The Kier molecular flexibility index (Phi) is 4.15. The summed E-state index contributed by atoms with van der Waals surface area (Å²) in [5.41, 5.74) is 3.51. The van der Waals surface area contributed by atoms with Crippen molar-refractivity contribution in [2.75, 3.05) is 16.8 Å². The number of hydrogen-bond acceptors (Lipinski definition) is 3. The predicted molar refractivity (Wildman–Crippen MR) is 92.0 cm³/mol. The van der Waals surface area contributed by atoms with Crippen LogP contribution in [0.5, 0.6) is 0 Å². The molecular formula is C19H20N2O2. The molecule has 23 heavy (non-hydrogen) atoms. The van der Waals surface area contributed by atoms with Crippen LogP contribution in [0, 0.1) is 0 Å². The minimum Gasteiger partial charge on any atom is -0.359 e. The van der Waals surface area contributed by atoms with E-state index in [1.807, 2.05) is 18.2 Å². The standard InChI is InChI=1S/C19H20N2O2/c1-13-11-15-7-3-6-10-18(15)21(13)12-19(23)20-17-9-5-4-8-16(17)14(2)22/h3-10,13H,11-12H2,1-2H3,(H,20,23)/t13-/m1/s1. The molecule has 0 unspecified atom stereocenters. The molecule has 2 aromatic rings. The number of Topliss-reactive ketones (excluding diaryl/α,β-unsaturated/α-hetero) is 1. The molecule has 0 aromatic heterocycles. The lowest BCUT2D eigenvalue weighted by atomic mass is 10.1. The van der Waals surface area contributed by atoms with Crippen molar-refractivity contribution in [3.05, 3.63) is 59.7 Å². The normalized spacial score (nSPS) is 16.1. The Balaban J connectivity index is 1.75. The lowest BCUT2D eigenvalue weighted by molar-refractivity contribution is -0.115. The topological polar surface area (TPSA) is 49.4 Å². The number of ketones is 1. The average Bonchev–Trinajstić information content (AvgIpc) is 2.83. The van der Waals surface area contributed by atoms with E-state index in [1.54, 1.807) is 18.2 Å². The SMILES string of the molecule is CC(=O)c1ccccc1NC(=O)CN1c2ccccc2C[C@H]1C. The number of carbonyl (C=O) groups is 2. The van der Waals surface area contributed by atoms with Gasteiger partial charge in [-0.1, -0.05) is 30.3 Å². The highest BCUT2D eigenvalue weighted by atomic mass is 16.2. The van der Waals surface area contributed by atoms with Crippen molar-refractivity contribution in [1.29, 1.82) is 0 Å². The first-order valence-electron chi connectivity index (χ1n) is 7.80. The second-order valence-corrected chi connectivity index (χ2v) is 5.96. The number of benzene rings is 2. The van der Waals surface area contributed by atoms with Crippen LogP contribution in [0.2, 0.25) is 0 Å². The van der Waals surface area contributed by atoms with Gasteiger partial charge in [-0.25, -0.2) is 0 Å². The van der Waals surface area contributed by atoms with Crippen LogP contribution >= 0.6 is 0 Å². The molecule has 1 heterocycles. The van der Waals surface area contributed by atoms with Gasteiger partial charge in [0.25, 0.3) is 0 Å². The lowest BCUT2D eigenvalue weighted by Crippen LogP contribution is -2.37.